The van der Waals surface area contributed by atoms with E-state index in [4.69, 9.17) is 16.3 Å². The molecule has 2 aromatic rings. The maximum absolute atomic E-state index is 5.82. The molecule has 0 aliphatic carbocycles. The summed E-state index contributed by atoms with van der Waals surface area (Å²) < 4.78 is 5.10. The van der Waals surface area contributed by atoms with Crippen molar-refractivity contribution in [3.63, 3.8) is 0 Å². The van der Waals surface area contributed by atoms with Crippen molar-refractivity contribution in [2.45, 2.75) is 24.9 Å². The van der Waals surface area contributed by atoms with Gasteiger partial charge in [-0.05, 0) is 18.4 Å². The van der Waals surface area contributed by atoms with Crippen LogP contribution in [-0.4, -0.2) is 58.7 Å². The summed E-state index contributed by atoms with van der Waals surface area (Å²) in [6, 6.07) is 5.23. The number of methoxy groups -OCH3 is 1. The van der Waals surface area contributed by atoms with Crippen LogP contribution >= 0.6 is 11.6 Å². The van der Waals surface area contributed by atoms with Gasteiger partial charge < -0.3 is 9.64 Å². The molecule has 2 atom stereocenters. The zero-order chi connectivity index (χ0) is 16.5. The van der Waals surface area contributed by atoms with Crippen LogP contribution in [0.2, 0.25) is 5.15 Å². The number of hydrogen-bond donors (Lipinski definition) is 0. The first-order valence-corrected chi connectivity index (χ1v) is 8.58. The van der Waals surface area contributed by atoms with Crippen molar-refractivity contribution in [1.29, 1.82) is 0 Å². The molecular weight excluding hydrogens is 326 g/mol. The largest absolute Gasteiger partial charge is 0.481 e. The summed E-state index contributed by atoms with van der Waals surface area (Å²) in [5.74, 6) is 1.59. The molecule has 2 bridgehead atoms. The Bertz CT molecular complexity index is 681. The maximum Gasteiger partial charge on any atom is 0.212 e. The number of anilines is 1. The first kappa shape index (κ1) is 15.6. The van der Waals surface area contributed by atoms with E-state index in [0.29, 0.717) is 23.1 Å². The number of ether oxygens (including phenoxy) is 1. The van der Waals surface area contributed by atoms with Gasteiger partial charge in [0, 0.05) is 44.0 Å². The summed E-state index contributed by atoms with van der Waals surface area (Å²) in [6.45, 7) is 3.09. The lowest BCUT2D eigenvalue weighted by Crippen LogP contribution is -2.69. The first-order chi connectivity index (χ1) is 11.7. The average molecular weight is 346 g/mol. The molecule has 2 aromatic heterocycles. The van der Waals surface area contributed by atoms with Crippen molar-refractivity contribution < 1.29 is 4.74 Å². The summed E-state index contributed by atoms with van der Waals surface area (Å²) in [5, 5.41) is 0.440. The van der Waals surface area contributed by atoms with E-state index in [-0.39, 0.29) is 0 Å². The number of piperazine rings is 1. The lowest BCUT2D eigenvalue weighted by molar-refractivity contribution is 0.000285. The second-order valence-corrected chi connectivity index (χ2v) is 6.73. The van der Waals surface area contributed by atoms with E-state index >= 15 is 0 Å². The van der Waals surface area contributed by atoms with Crippen LogP contribution < -0.4 is 9.64 Å². The van der Waals surface area contributed by atoms with Crippen molar-refractivity contribution >= 4 is 17.4 Å². The van der Waals surface area contributed by atoms with Crippen LogP contribution in [0.5, 0.6) is 5.88 Å². The third kappa shape index (κ3) is 3.03. The number of hydrogen-bond acceptors (Lipinski definition) is 6. The standard InChI is InChI=1S/C17H20ClN5O/c1-24-17-3-2-12(7-21-17)4-5-23-13-6-14(23)11-22(10-13)16-9-19-15(18)8-20-16/h2-3,7-9,13-14H,4-6,10-11H2,1H3. The Hall–Kier alpha value is -1.92. The molecule has 2 unspecified atom stereocenters. The normalized spacial score (nSPS) is 23.0. The Morgan fingerprint density at radius 3 is 2.58 bits per heavy atom. The predicted molar refractivity (Wildman–Crippen MR) is 92.6 cm³/mol. The van der Waals surface area contributed by atoms with Gasteiger partial charge in [0.2, 0.25) is 5.88 Å². The van der Waals surface area contributed by atoms with Crippen LogP contribution in [0.1, 0.15) is 12.0 Å². The Labute approximate surface area is 146 Å². The molecule has 3 aliphatic heterocycles. The highest BCUT2D eigenvalue weighted by atomic mass is 35.5. The second-order valence-electron chi connectivity index (χ2n) is 6.34. The lowest BCUT2D eigenvalue weighted by atomic mass is 9.87. The summed E-state index contributed by atoms with van der Waals surface area (Å²) in [6.07, 6.45) is 7.58. The van der Waals surface area contributed by atoms with Gasteiger partial charge in [-0.25, -0.2) is 15.0 Å². The van der Waals surface area contributed by atoms with E-state index in [1.807, 2.05) is 12.3 Å². The van der Waals surface area contributed by atoms with E-state index in [1.165, 1.54) is 12.0 Å². The molecule has 0 saturated carbocycles. The molecule has 126 valence electrons. The smallest absolute Gasteiger partial charge is 0.212 e. The summed E-state index contributed by atoms with van der Waals surface area (Å²) in [4.78, 5) is 17.7. The number of nitrogens with zero attached hydrogens (tertiary/aromatic N) is 5. The van der Waals surface area contributed by atoms with Gasteiger partial charge in [0.1, 0.15) is 11.0 Å². The van der Waals surface area contributed by atoms with Crippen molar-refractivity contribution in [3.8, 4) is 5.88 Å². The molecule has 3 aliphatic rings. The van der Waals surface area contributed by atoms with E-state index in [2.05, 4.69) is 30.8 Å². The number of pyridine rings is 1. The van der Waals surface area contributed by atoms with E-state index in [9.17, 15) is 0 Å². The van der Waals surface area contributed by atoms with Gasteiger partial charge in [-0.3, -0.25) is 4.90 Å². The molecule has 0 N–H and O–H groups in total. The first-order valence-electron chi connectivity index (χ1n) is 8.20. The van der Waals surface area contributed by atoms with Gasteiger partial charge >= 0.3 is 0 Å². The molecular formula is C17H20ClN5O. The van der Waals surface area contributed by atoms with Crippen LogP contribution in [0.15, 0.2) is 30.7 Å². The number of rotatable bonds is 5. The van der Waals surface area contributed by atoms with Crippen molar-refractivity contribution in [2.75, 3.05) is 31.6 Å². The number of piperidine rings is 1. The highest BCUT2D eigenvalue weighted by Crippen LogP contribution is 2.34. The predicted octanol–water partition coefficient (Wildman–Crippen LogP) is 2.04. The average Bonchev–Trinajstić information content (AvgIpc) is 2.63. The summed E-state index contributed by atoms with van der Waals surface area (Å²) >= 11 is 5.82. The summed E-state index contributed by atoms with van der Waals surface area (Å²) in [7, 11) is 1.64. The fourth-order valence-electron chi connectivity index (χ4n) is 3.65. The fourth-order valence-corrected chi connectivity index (χ4v) is 3.74. The third-order valence-electron chi connectivity index (χ3n) is 4.94. The molecule has 24 heavy (non-hydrogen) atoms. The van der Waals surface area contributed by atoms with Gasteiger partial charge in [0.05, 0.1) is 19.5 Å². The van der Waals surface area contributed by atoms with Crippen LogP contribution in [0, 0.1) is 0 Å². The van der Waals surface area contributed by atoms with E-state index in [1.54, 1.807) is 19.5 Å². The molecule has 5 rings (SSSR count). The molecule has 3 saturated heterocycles. The molecule has 0 spiro atoms. The maximum atomic E-state index is 5.82. The highest BCUT2D eigenvalue weighted by molar-refractivity contribution is 6.29. The van der Waals surface area contributed by atoms with Gasteiger partial charge in [0.25, 0.3) is 0 Å². The number of aromatic nitrogens is 3. The molecule has 0 radical (unpaired) electrons. The number of halogens is 1. The quantitative estimate of drug-likeness (QED) is 0.826. The zero-order valence-corrected chi connectivity index (χ0v) is 14.4. The SMILES string of the molecule is COc1ccc(CCN2C3CC2CN(c2cnc(Cl)cn2)C3)cn1. The molecule has 3 fully saturated rings. The Balaban J connectivity index is 1.32. The van der Waals surface area contributed by atoms with Crippen LogP contribution in [-0.2, 0) is 6.42 Å². The molecule has 0 amide bonds. The lowest BCUT2D eigenvalue weighted by Gasteiger charge is -2.56. The fraction of sp³-hybridized carbons (Fsp3) is 0.471. The minimum atomic E-state index is 0.440. The second kappa shape index (κ2) is 6.53. The Morgan fingerprint density at radius 1 is 1.12 bits per heavy atom. The van der Waals surface area contributed by atoms with Crippen molar-refractivity contribution in [3.05, 3.63) is 41.4 Å². The van der Waals surface area contributed by atoms with Gasteiger partial charge in [0.15, 0.2) is 0 Å². The third-order valence-corrected chi connectivity index (χ3v) is 5.14. The monoisotopic (exact) mass is 345 g/mol. The number of fused-ring (bicyclic) bond motifs is 2. The Morgan fingerprint density at radius 2 is 1.96 bits per heavy atom. The van der Waals surface area contributed by atoms with Gasteiger partial charge in [-0.15, -0.1) is 0 Å². The zero-order valence-electron chi connectivity index (χ0n) is 13.6. The molecule has 0 aromatic carbocycles. The van der Waals surface area contributed by atoms with Gasteiger partial charge in [-0.2, -0.15) is 0 Å². The highest BCUT2D eigenvalue weighted by Gasteiger charge is 2.44. The minimum absolute atomic E-state index is 0.440. The topological polar surface area (TPSA) is 54.4 Å². The minimum Gasteiger partial charge on any atom is -0.481 e. The molecule has 7 heteroatoms. The van der Waals surface area contributed by atoms with Gasteiger partial charge in [-0.1, -0.05) is 17.7 Å². The van der Waals surface area contributed by atoms with E-state index in [0.717, 1.165) is 31.9 Å². The van der Waals surface area contributed by atoms with Crippen LogP contribution in [0.4, 0.5) is 5.82 Å². The molecule has 6 nitrogen and oxygen atoms in total. The van der Waals surface area contributed by atoms with E-state index < -0.39 is 0 Å². The van der Waals surface area contributed by atoms with Crippen LogP contribution in [0.3, 0.4) is 0 Å². The summed E-state index contributed by atoms with van der Waals surface area (Å²) in [5.41, 5.74) is 1.25. The Kier molecular flexibility index (Phi) is 4.24. The molecule has 5 heterocycles. The van der Waals surface area contributed by atoms with Crippen LogP contribution in [0.25, 0.3) is 0 Å². The van der Waals surface area contributed by atoms with Crippen molar-refractivity contribution in [1.82, 2.24) is 19.9 Å². The van der Waals surface area contributed by atoms with Crippen molar-refractivity contribution in [2.24, 2.45) is 0 Å².